The van der Waals surface area contributed by atoms with Gasteiger partial charge in [0.25, 0.3) is 0 Å². The topological polar surface area (TPSA) is 49.3 Å². The Bertz CT molecular complexity index is 579. The minimum absolute atomic E-state index is 0.485. The van der Waals surface area contributed by atoms with E-state index in [0.717, 1.165) is 16.7 Å². The summed E-state index contributed by atoms with van der Waals surface area (Å²) in [6.07, 6.45) is -1.11. The third kappa shape index (κ3) is 2.81. The van der Waals surface area contributed by atoms with E-state index in [1.165, 1.54) is 0 Å². The Balaban J connectivity index is 2.49. The normalized spacial score (nSPS) is 10.1. The van der Waals surface area contributed by atoms with Gasteiger partial charge in [-0.2, -0.15) is 0 Å². The molecule has 0 aliphatic carbocycles. The van der Waals surface area contributed by atoms with E-state index >= 15 is 0 Å². The van der Waals surface area contributed by atoms with Crippen LogP contribution in [0.1, 0.15) is 5.56 Å². The van der Waals surface area contributed by atoms with Crippen LogP contribution in [0.3, 0.4) is 0 Å². The number of rotatable bonds is 2. The van der Waals surface area contributed by atoms with E-state index in [1.54, 1.807) is 18.2 Å². The first-order valence-electron chi connectivity index (χ1n) is 5.43. The van der Waals surface area contributed by atoms with Crippen molar-refractivity contribution in [2.24, 2.45) is 0 Å². The standard InChI is InChI=1S/C14H12ClNO2/c1-9-2-4-10(5-3-9)12-7-6-11(15)8-13(12)16-14(17)18/h2-8,16H,1H3,(H,17,18). The lowest BCUT2D eigenvalue weighted by atomic mass is 10.0. The van der Waals surface area contributed by atoms with Crippen LogP contribution < -0.4 is 5.32 Å². The van der Waals surface area contributed by atoms with Crippen LogP contribution in [0.5, 0.6) is 0 Å². The van der Waals surface area contributed by atoms with E-state index in [1.807, 2.05) is 31.2 Å². The highest BCUT2D eigenvalue weighted by Crippen LogP contribution is 2.30. The first-order valence-corrected chi connectivity index (χ1v) is 5.80. The second-order valence-corrected chi connectivity index (χ2v) is 4.42. The smallest absolute Gasteiger partial charge is 0.409 e. The van der Waals surface area contributed by atoms with Crippen LogP contribution in [0, 0.1) is 6.92 Å². The summed E-state index contributed by atoms with van der Waals surface area (Å²) in [4.78, 5) is 10.8. The number of carbonyl (C=O) groups is 1. The lowest BCUT2D eigenvalue weighted by Gasteiger charge is -2.10. The molecular formula is C14H12ClNO2. The van der Waals surface area contributed by atoms with E-state index in [9.17, 15) is 4.79 Å². The van der Waals surface area contributed by atoms with Crippen molar-refractivity contribution >= 4 is 23.4 Å². The van der Waals surface area contributed by atoms with E-state index < -0.39 is 6.09 Å². The summed E-state index contributed by atoms with van der Waals surface area (Å²) >= 11 is 5.88. The molecule has 3 nitrogen and oxygen atoms in total. The molecule has 0 aromatic heterocycles. The molecule has 92 valence electrons. The molecule has 0 radical (unpaired) electrons. The first kappa shape index (κ1) is 12.5. The average Bonchev–Trinajstić information content (AvgIpc) is 2.30. The van der Waals surface area contributed by atoms with E-state index in [0.29, 0.717) is 10.7 Å². The molecule has 0 saturated carbocycles. The maximum absolute atomic E-state index is 10.8. The zero-order valence-electron chi connectivity index (χ0n) is 9.77. The molecule has 0 aliphatic heterocycles. The lowest BCUT2D eigenvalue weighted by Crippen LogP contribution is -2.08. The molecule has 18 heavy (non-hydrogen) atoms. The molecule has 4 heteroatoms. The van der Waals surface area contributed by atoms with Crippen LogP contribution in [0.15, 0.2) is 42.5 Å². The Labute approximate surface area is 110 Å². The zero-order valence-corrected chi connectivity index (χ0v) is 10.5. The predicted octanol–water partition coefficient (Wildman–Crippen LogP) is 4.41. The van der Waals surface area contributed by atoms with Gasteiger partial charge in [0.2, 0.25) is 0 Å². The van der Waals surface area contributed by atoms with Gasteiger partial charge in [-0.15, -0.1) is 0 Å². The fraction of sp³-hybridized carbons (Fsp3) is 0.0714. The highest BCUT2D eigenvalue weighted by molar-refractivity contribution is 6.31. The lowest BCUT2D eigenvalue weighted by molar-refractivity contribution is 0.210. The Morgan fingerprint density at radius 1 is 1.17 bits per heavy atom. The van der Waals surface area contributed by atoms with Gasteiger partial charge in [-0.3, -0.25) is 5.32 Å². The maximum atomic E-state index is 10.8. The number of benzene rings is 2. The molecule has 0 bridgehead atoms. The second-order valence-electron chi connectivity index (χ2n) is 3.99. The van der Waals surface area contributed by atoms with Crippen LogP contribution in [0.4, 0.5) is 10.5 Å². The van der Waals surface area contributed by atoms with Gasteiger partial charge < -0.3 is 5.11 Å². The van der Waals surface area contributed by atoms with Gasteiger partial charge in [0.05, 0.1) is 5.69 Å². The number of halogens is 1. The molecule has 0 saturated heterocycles. The van der Waals surface area contributed by atoms with Gasteiger partial charge in [0.15, 0.2) is 0 Å². The van der Waals surface area contributed by atoms with Gasteiger partial charge in [-0.25, -0.2) is 4.79 Å². The Morgan fingerprint density at radius 3 is 2.44 bits per heavy atom. The molecule has 0 aliphatic rings. The number of aryl methyl sites for hydroxylation is 1. The summed E-state index contributed by atoms with van der Waals surface area (Å²) in [5.41, 5.74) is 3.39. The first-order chi connectivity index (χ1) is 8.56. The number of amides is 1. The fourth-order valence-corrected chi connectivity index (χ4v) is 1.89. The van der Waals surface area contributed by atoms with Crippen molar-refractivity contribution in [3.05, 3.63) is 53.1 Å². The van der Waals surface area contributed by atoms with Gasteiger partial charge in [0.1, 0.15) is 0 Å². The summed E-state index contributed by atoms with van der Waals surface area (Å²) in [6.45, 7) is 2.00. The highest BCUT2D eigenvalue weighted by Gasteiger charge is 2.08. The monoisotopic (exact) mass is 261 g/mol. The van der Waals surface area contributed by atoms with Crippen molar-refractivity contribution in [2.75, 3.05) is 5.32 Å². The molecule has 0 fully saturated rings. The SMILES string of the molecule is Cc1ccc(-c2ccc(Cl)cc2NC(=O)O)cc1. The number of hydrogen-bond acceptors (Lipinski definition) is 1. The maximum Gasteiger partial charge on any atom is 0.409 e. The second kappa shape index (κ2) is 5.10. The Hall–Kier alpha value is -2.00. The molecule has 0 atom stereocenters. The average molecular weight is 262 g/mol. The number of nitrogens with one attached hydrogen (secondary N) is 1. The largest absolute Gasteiger partial charge is 0.465 e. The molecular weight excluding hydrogens is 250 g/mol. The van der Waals surface area contributed by atoms with Crippen LogP contribution >= 0.6 is 11.6 Å². The van der Waals surface area contributed by atoms with Crippen molar-refractivity contribution in [3.63, 3.8) is 0 Å². The summed E-state index contributed by atoms with van der Waals surface area (Å²) < 4.78 is 0. The quantitative estimate of drug-likeness (QED) is 0.841. The Morgan fingerprint density at radius 2 is 1.83 bits per heavy atom. The van der Waals surface area contributed by atoms with Gasteiger partial charge in [-0.05, 0) is 24.6 Å². The summed E-state index contributed by atoms with van der Waals surface area (Å²) in [7, 11) is 0. The van der Waals surface area contributed by atoms with Gasteiger partial charge >= 0.3 is 6.09 Å². The fourth-order valence-electron chi connectivity index (χ4n) is 1.72. The summed E-state index contributed by atoms with van der Waals surface area (Å²) in [6, 6.07) is 13.0. The van der Waals surface area contributed by atoms with Crippen molar-refractivity contribution in [3.8, 4) is 11.1 Å². The molecule has 2 aromatic rings. The van der Waals surface area contributed by atoms with E-state index in [-0.39, 0.29) is 0 Å². The summed E-state index contributed by atoms with van der Waals surface area (Å²) in [5, 5.41) is 11.7. The molecule has 0 spiro atoms. The number of carboxylic acid groups (broad SMARTS) is 1. The molecule has 2 N–H and O–H groups in total. The Kier molecular flexibility index (Phi) is 3.53. The van der Waals surface area contributed by atoms with E-state index in [2.05, 4.69) is 5.32 Å². The highest BCUT2D eigenvalue weighted by atomic mass is 35.5. The minimum atomic E-state index is -1.11. The number of anilines is 1. The van der Waals surface area contributed by atoms with Crippen LogP contribution in [0.25, 0.3) is 11.1 Å². The number of hydrogen-bond donors (Lipinski definition) is 2. The van der Waals surface area contributed by atoms with Crippen LogP contribution in [-0.2, 0) is 0 Å². The predicted molar refractivity (Wildman–Crippen MR) is 73.3 cm³/mol. The minimum Gasteiger partial charge on any atom is -0.465 e. The van der Waals surface area contributed by atoms with Gasteiger partial charge in [0, 0.05) is 10.6 Å². The molecule has 2 rings (SSSR count). The van der Waals surface area contributed by atoms with Crippen molar-refractivity contribution in [2.45, 2.75) is 6.92 Å². The third-order valence-electron chi connectivity index (χ3n) is 2.59. The molecule has 1 amide bonds. The molecule has 2 aromatic carbocycles. The van der Waals surface area contributed by atoms with Crippen LogP contribution in [0.2, 0.25) is 5.02 Å². The van der Waals surface area contributed by atoms with E-state index in [4.69, 9.17) is 16.7 Å². The van der Waals surface area contributed by atoms with Crippen LogP contribution in [-0.4, -0.2) is 11.2 Å². The summed E-state index contributed by atoms with van der Waals surface area (Å²) in [5.74, 6) is 0. The van der Waals surface area contributed by atoms with Crippen molar-refractivity contribution in [1.29, 1.82) is 0 Å². The third-order valence-corrected chi connectivity index (χ3v) is 2.82. The zero-order chi connectivity index (χ0) is 13.1. The molecule has 0 heterocycles. The molecule has 0 unspecified atom stereocenters. The van der Waals surface area contributed by atoms with Crippen molar-refractivity contribution < 1.29 is 9.90 Å². The van der Waals surface area contributed by atoms with Crippen molar-refractivity contribution in [1.82, 2.24) is 0 Å². The van der Waals surface area contributed by atoms with Gasteiger partial charge in [-0.1, -0.05) is 47.5 Å².